The van der Waals surface area contributed by atoms with E-state index in [9.17, 15) is 15.2 Å². The lowest BCUT2D eigenvalue weighted by Crippen LogP contribution is -2.37. The number of aliphatic hydroxyl groups is 1. The van der Waals surface area contributed by atoms with Gasteiger partial charge in [0.25, 0.3) is 5.69 Å². The van der Waals surface area contributed by atoms with Gasteiger partial charge in [-0.15, -0.1) is 0 Å². The van der Waals surface area contributed by atoms with Crippen LogP contribution >= 0.6 is 0 Å². The number of non-ortho nitro benzene ring substituents is 1. The molecule has 1 aliphatic heterocycles. The minimum atomic E-state index is -0.585. The van der Waals surface area contributed by atoms with Gasteiger partial charge in [-0.2, -0.15) is 0 Å². The standard InChI is InChI=1S/C16H24N2O4/c19-15(12-17-9-4-2-1-3-5-10-17)13-22-16-8-6-7-14(11-16)18(20)21/h6-8,11,15,19H,1-5,9-10,12-13H2/t15-/m1/s1. The largest absolute Gasteiger partial charge is 0.491 e. The number of hydrogen-bond acceptors (Lipinski definition) is 5. The van der Waals surface area contributed by atoms with Crippen molar-refractivity contribution in [2.45, 2.75) is 38.2 Å². The number of β-amino-alcohol motifs (C(OH)–C–C–N with tert-alkyl or cyclic N) is 1. The van der Waals surface area contributed by atoms with Crippen molar-refractivity contribution < 1.29 is 14.8 Å². The van der Waals surface area contributed by atoms with Gasteiger partial charge in [0.15, 0.2) is 0 Å². The van der Waals surface area contributed by atoms with Crippen LogP contribution in [0.25, 0.3) is 0 Å². The molecule has 0 radical (unpaired) electrons. The number of nitro benzene ring substituents is 1. The van der Waals surface area contributed by atoms with Gasteiger partial charge in [-0.1, -0.05) is 25.3 Å². The van der Waals surface area contributed by atoms with E-state index in [-0.39, 0.29) is 12.3 Å². The van der Waals surface area contributed by atoms with Gasteiger partial charge >= 0.3 is 0 Å². The number of nitrogens with zero attached hydrogens (tertiary/aromatic N) is 2. The first-order valence-electron chi connectivity index (χ1n) is 7.93. The minimum absolute atomic E-state index is 0.00393. The van der Waals surface area contributed by atoms with E-state index in [1.54, 1.807) is 12.1 Å². The molecule has 0 amide bonds. The topological polar surface area (TPSA) is 75.8 Å². The maximum atomic E-state index is 10.7. The van der Waals surface area contributed by atoms with E-state index >= 15 is 0 Å². The molecule has 0 unspecified atom stereocenters. The Morgan fingerprint density at radius 1 is 1.23 bits per heavy atom. The maximum absolute atomic E-state index is 10.7. The van der Waals surface area contributed by atoms with Crippen LogP contribution in [0.4, 0.5) is 5.69 Å². The highest BCUT2D eigenvalue weighted by atomic mass is 16.6. The lowest BCUT2D eigenvalue weighted by Gasteiger charge is -2.26. The molecule has 2 rings (SSSR count). The van der Waals surface area contributed by atoms with Gasteiger partial charge in [0.1, 0.15) is 18.5 Å². The molecule has 1 N–H and O–H groups in total. The fraction of sp³-hybridized carbons (Fsp3) is 0.625. The Morgan fingerprint density at radius 2 is 1.91 bits per heavy atom. The molecule has 1 fully saturated rings. The van der Waals surface area contributed by atoms with Crippen molar-refractivity contribution >= 4 is 5.69 Å². The predicted octanol–water partition coefficient (Wildman–Crippen LogP) is 2.60. The van der Waals surface area contributed by atoms with Gasteiger partial charge in [0.2, 0.25) is 0 Å². The summed E-state index contributed by atoms with van der Waals surface area (Å²) in [6.45, 7) is 2.79. The molecular weight excluding hydrogens is 284 g/mol. The second kappa shape index (κ2) is 8.70. The Labute approximate surface area is 130 Å². The molecule has 1 heterocycles. The summed E-state index contributed by atoms with van der Waals surface area (Å²) in [7, 11) is 0. The monoisotopic (exact) mass is 308 g/mol. The number of ether oxygens (including phenoxy) is 1. The highest BCUT2D eigenvalue weighted by Crippen LogP contribution is 2.19. The average molecular weight is 308 g/mol. The van der Waals surface area contributed by atoms with Gasteiger partial charge < -0.3 is 14.7 Å². The van der Waals surface area contributed by atoms with Crippen LogP contribution in [0.1, 0.15) is 32.1 Å². The van der Waals surface area contributed by atoms with E-state index < -0.39 is 11.0 Å². The zero-order chi connectivity index (χ0) is 15.8. The molecule has 0 aromatic heterocycles. The van der Waals surface area contributed by atoms with Crippen molar-refractivity contribution in [3.8, 4) is 5.75 Å². The van der Waals surface area contributed by atoms with Crippen LogP contribution in [0, 0.1) is 10.1 Å². The van der Waals surface area contributed by atoms with Crippen LogP contribution in [-0.2, 0) is 0 Å². The van der Waals surface area contributed by atoms with Crippen molar-refractivity contribution in [1.29, 1.82) is 0 Å². The quantitative estimate of drug-likeness (QED) is 0.646. The third kappa shape index (κ3) is 5.61. The number of benzene rings is 1. The summed E-state index contributed by atoms with van der Waals surface area (Å²) in [6.07, 6.45) is 5.61. The van der Waals surface area contributed by atoms with E-state index in [4.69, 9.17) is 4.74 Å². The van der Waals surface area contributed by atoms with Gasteiger partial charge in [-0.05, 0) is 32.0 Å². The Hall–Kier alpha value is -1.66. The Kier molecular flexibility index (Phi) is 6.61. The predicted molar refractivity (Wildman–Crippen MR) is 84.1 cm³/mol. The van der Waals surface area contributed by atoms with Crippen LogP contribution in [0.15, 0.2) is 24.3 Å². The molecule has 1 atom stereocenters. The van der Waals surface area contributed by atoms with Crippen molar-refractivity contribution in [3.05, 3.63) is 34.4 Å². The zero-order valence-electron chi connectivity index (χ0n) is 12.8. The normalized spacial score (nSPS) is 18.2. The Bertz CT molecular complexity index is 473. The third-order valence-corrected chi connectivity index (χ3v) is 3.89. The van der Waals surface area contributed by atoms with Crippen molar-refractivity contribution in [1.82, 2.24) is 4.90 Å². The fourth-order valence-electron chi connectivity index (χ4n) is 2.73. The van der Waals surface area contributed by atoms with Crippen molar-refractivity contribution in [3.63, 3.8) is 0 Å². The summed E-state index contributed by atoms with van der Waals surface area (Å²) < 4.78 is 5.47. The smallest absolute Gasteiger partial charge is 0.273 e. The second-order valence-electron chi connectivity index (χ2n) is 5.79. The van der Waals surface area contributed by atoms with Gasteiger partial charge in [-0.25, -0.2) is 0 Å². The average Bonchev–Trinajstić information content (AvgIpc) is 2.48. The van der Waals surface area contributed by atoms with Crippen LogP contribution in [0.3, 0.4) is 0 Å². The molecule has 6 heteroatoms. The first-order valence-corrected chi connectivity index (χ1v) is 7.93. The molecule has 22 heavy (non-hydrogen) atoms. The number of rotatable bonds is 6. The Morgan fingerprint density at radius 3 is 2.59 bits per heavy atom. The SMILES string of the molecule is O=[N+]([O-])c1cccc(OC[C@H](O)CN2CCCCCCC2)c1. The van der Waals surface area contributed by atoms with E-state index in [0.29, 0.717) is 12.3 Å². The summed E-state index contributed by atoms with van der Waals surface area (Å²) >= 11 is 0. The number of likely N-dealkylation sites (tertiary alicyclic amines) is 1. The highest BCUT2D eigenvalue weighted by molar-refractivity contribution is 5.37. The summed E-state index contributed by atoms with van der Waals surface area (Å²) in [5.74, 6) is 0.418. The number of nitro groups is 1. The fourth-order valence-corrected chi connectivity index (χ4v) is 2.73. The van der Waals surface area contributed by atoms with Gasteiger partial charge in [0, 0.05) is 12.6 Å². The lowest BCUT2D eigenvalue weighted by molar-refractivity contribution is -0.384. The molecule has 0 saturated carbocycles. The summed E-state index contributed by atoms with van der Waals surface area (Å²) in [5.41, 5.74) is -0.00393. The van der Waals surface area contributed by atoms with E-state index in [2.05, 4.69) is 4.90 Å². The zero-order valence-corrected chi connectivity index (χ0v) is 12.8. The molecule has 0 bridgehead atoms. The molecule has 1 saturated heterocycles. The molecule has 0 aliphatic carbocycles. The van der Waals surface area contributed by atoms with Gasteiger partial charge in [-0.3, -0.25) is 10.1 Å². The summed E-state index contributed by atoms with van der Waals surface area (Å²) in [6, 6.07) is 6.04. The Balaban J connectivity index is 1.78. The second-order valence-corrected chi connectivity index (χ2v) is 5.79. The summed E-state index contributed by atoms with van der Waals surface area (Å²) in [4.78, 5) is 12.5. The molecule has 1 aliphatic rings. The van der Waals surface area contributed by atoms with Gasteiger partial charge in [0.05, 0.1) is 11.0 Å². The number of aliphatic hydroxyl groups excluding tert-OH is 1. The van der Waals surface area contributed by atoms with E-state index in [1.165, 1.54) is 44.2 Å². The first kappa shape index (κ1) is 16.7. The molecule has 6 nitrogen and oxygen atoms in total. The summed E-state index contributed by atoms with van der Waals surface area (Å²) in [5, 5.41) is 20.8. The van der Waals surface area contributed by atoms with Crippen LogP contribution < -0.4 is 4.74 Å². The maximum Gasteiger partial charge on any atom is 0.273 e. The van der Waals surface area contributed by atoms with Crippen molar-refractivity contribution in [2.75, 3.05) is 26.2 Å². The van der Waals surface area contributed by atoms with E-state index in [0.717, 1.165) is 13.1 Å². The number of hydrogen-bond donors (Lipinski definition) is 1. The third-order valence-electron chi connectivity index (χ3n) is 3.89. The molecule has 1 aromatic rings. The molecule has 0 spiro atoms. The molecule has 1 aromatic carbocycles. The van der Waals surface area contributed by atoms with Crippen LogP contribution in [0.5, 0.6) is 5.75 Å². The first-order chi connectivity index (χ1) is 10.6. The highest BCUT2D eigenvalue weighted by Gasteiger charge is 2.14. The van der Waals surface area contributed by atoms with Crippen molar-refractivity contribution in [2.24, 2.45) is 0 Å². The van der Waals surface area contributed by atoms with Crippen LogP contribution in [-0.4, -0.2) is 47.3 Å². The minimum Gasteiger partial charge on any atom is -0.491 e. The molecular formula is C16H24N2O4. The van der Waals surface area contributed by atoms with E-state index in [1.807, 2.05) is 0 Å². The molecule has 122 valence electrons. The van der Waals surface area contributed by atoms with Crippen LogP contribution in [0.2, 0.25) is 0 Å². The lowest BCUT2D eigenvalue weighted by atomic mass is 10.1.